The Labute approximate surface area is 139 Å². The van der Waals surface area contributed by atoms with Crippen LogP contribution in [0.3, 0.4) is 0 Å². The first-order valence-electron chi connectivity index (χ1n) is 7.58. The molecule has 7 heteroatoms. The summed E-state index contributed by atoms with van der Waals surface area (Å²) < 4.78 is 1.98. The van der Waals surface area contributed by atoms with Gasteiger partial charge >= 0.3 is 5.69 Å². The van der Waals surface area contributed by atoms with E-state index in [9.17, 15) is 14.4 Å². The van der Waals surface area contributed by atoms with Gasteiger partial charge in [-0.2, -0.15) is 0 Å². The normalized spacial score (nSPS) is 12.0. The number of carbonyl (C=O) groups is 1. The molecule has 0 saturated carbocycles. The van der Waals surface area contributed by atoms with Crippen molar-refractivity contribution in [3.8, 4) is 0 Å². The summed E-state index contributed by atoms with van der Waals surface area (Å²) in [6, 6.07) is 5.19. The van der Waals surface area contributed by atoms with Crippen molar-refractivity contribution in [1.29, 1.82) is 0 Å². The molecule has 0 saturated heterocycles. The van der Waals surface area contributed by atoms with Gasteiger partial charge < -0.3 is 11.1 Å². The van der Waals surface area contributed by atoms with Crippen LogP contribution >= 0.6 is 0 Å². The summed E-state index contributed by atoms with van der Waals surface area (Å²) in [5, 5.41) is 3.09. The Balaban J connectivity index is 2.42. The van der Waals surface area contributed by atoms with Crippen molar-refractivity contribution in [2.45, 2.75) is 26.8 Å². The van der Waals surface area contributed by atoms with E-state index in [1.807, 2.05) is 32.0 Å². The molecule has 2 rings (SSSR count). The molecule has 2 aromatic rings. The molecule has 0 spiro atoms. The van der Waals surface area contributed by atoms with Gasteiger partial charge in [-0.1, -0.05) is 6.07 Å². The molecule has 0 amide bonds. The maximum atomic E-state index is 12.7. The van der Waals surface area contributed by atoms with Gasteiger partial charge in [0.1, 0.15) is 11.4 Å². The van der Waals surface area contributed by atoms with Crippen LogP contribution in [0.1, 0.15) is 28.4 Å². The lowest BCUT2D eigenvalue weighted by Crippen LogP contribution is -2.43. The Morgan fingerprint density at radius 3 is 2.17 bits per heavy atom. The highest BCUT2D eigenvalue weighted by molar-refractivity contribution is 6.04. The number of nitrogens with two attached hydrogens (primary N) is 1. The molecule has 1 aromatic heterocycles. The van der Waals surface area contributed by atoms with E-state index in [2.05, 4.69) is 5.32 Å². The van der Waals surface area contributed by atoms with E-state index in [1.54, 1.807) is 6.92 Å². The van der Waals surface area contributed by atoms with Gasteiger partial charge in [-0.25, -0.2) is 4.79 Å². The SMILES string of the molecule is Cc1cc(C)cc(NC(C)C(=O)c2c(N)n(C)c(=O)n(C)c2=O)c1. The zero-order chi connectivity index (χ0) is 18.2. The summed E-state index contributed by atoms with van der Waals surface area (Å²) in [5.74, 6) is -0.579. The standard InChI is InChI=1S/C17H22N4O3/c1-9-6-10(2)8-12(7-9)19-11(3)14(22)13-15(18)20(4)17(24)21(5)16(13)23/h6-8,11,19H,18H2,1-5H3. The zero-order valence-corrected chi connectivity index (χ0v) is 14.5. The van der Waals surface area contributed by atoms with Gasteiger partial charge in [0.2, 0.25) is 0 Å². The number of carbonyl (C=O) groups excluding carboxylic acids is 1. The number of nitrogens with zero attached hydrogens (tertiary/aromatic N) is 2. The molecule has 3 N–H and O–H groups in total. The maximum Gasteiger partial charge on any atom is 0.332 e. The van der Waals surface area contributed by atoms with Gasteiger partial charge in [-0.3, -0.25) is 18.7 Å². The summed E-state index contributed by atoms with van der Waals surface area (Å²) in [6.07, 6.45) is 0. The molecule has 0 bridgehead atoms. The molecular formula is C17H22N4O3. The highest BCUT2D eigenvalue weighted by atomic mass is 16.2. The third kappa shape index (κ3) is 3.10. The largest absolute Gasteiger partial charge is 0.384 e. The van der Waals surface area contributed by atoms with Crippen LogP contribution in [0.15, 0.2) is 27.8 Å². The Hall–Kier alpha value is -2.83. The second-order valence-electron chi connectivity index (χ2n) is 6.07. The van der Waals surface area contributed by atoms with Crippen LogP contribution in [0.2, 0.25) is 0 Å². The van der Waals surface area contributed by atoms with Gasteiger partial charge in [0.05, 0.1) is 6.04 Å². The molecule has 7 nitrogen and oxygen atoms in total. The molecule has 0 aliphatic rings. The van der Waals surface area contributed by atoms with E-state index >= 15 is 0 Å². The lowest BCUT2D eigenvalue weighted by Gasteiger charge is -2.17. The summed E-state index contributed by atoms with van der Waals surface area (Å²) in [7, 11) is 2.75. The van der Waals surface area contributed by atoms with Crippen molar-refractivity contribution < 1.29 is 4.79 Å². The van der Waals surface area contributed by atoms with Crippen LogP contribution in [0.5, 0.6) is 0 Å². The Morgan fingerprint density at radius 2 is 1.62 bits per heavy atom. The van der Waals surface area contributed by atoms with Crippen molar-refractivity contribution in [3.05, 3.63) is 55.7 Å². The van der Waals surface area contributed by atoms with E-state index < -0.39 is 23.1 Å². The number of nitrogen functional groups attached to an aromatic ring is 1. The van der Waals surface area contributed by atoms with Crippen molar-refractivity contribution >= 4 is 17.3 Å². The van der Waals surface area contributed by atoms with Crippen molar-refractivity contribution in [3.63, 3.8) is 0 Å². The van der Waals surface area contributed by atoms with Crippen LogP contribution in [-0.4, -0.2) is 21.0 Å². The Bertz CT molecular complexity index is 904. The monoisotopic (exact) mass is 330 g/mol. The van der Waals surface area contributed by atoms with Crippen LogP contribution < -0.4 is 22.3 Å². The van der Waals surface area contributed by atoms with Crippen LogP contribution in [-0.2, 0) is 14.1 Å². The predicted molar refractivity (Wildman–Crippen MR) is 94.7 cm³/mol. The summed E-state index contributed by atoms with van der Waals surface area (Å²) >= 11 is 0. The third-order valence-corrected chi connectivity index (χ3v) is 3.95. The van der Waals surface area contributed by atoms with Crippen molar-refractivity contribution in [2.75, 3.05) is 11.1 Å². The number of anilines is 2. The molecule has 24 heavy (non-hydrogen) atoms. The molecule has 0 radical (unpaired) electrons. The predicted octanol–water partition coefficient (Wildman–Crippen LogP) is 0.966. The van der Waals surface area contributed by atoms with E-state index in [1.165, 1.54) is 14.1 Å². The molecule has 0 aliphatic heterocycles. The van der Waals surface area contributed by atoms with E-state index in [0.29, 0.717) is 0 Å². The summed E-state index contributed by atoms with van der Waals surface area (Å²) in [5.41, 5.74) is 7.32. The number of hydrogen-bond acceptors (Lipinski definition) is 5. The fourth-order valence-corrected chi connectivity index (χ4v) is 2.68. The molecule has 1 unspecified atom stereocenters. The van der Waals surface area contributed by atoms with Crippen molar-refractivity contribution in [2.24, 2.45) is 14.1 Å². The van der Waals surface area contributed by atoms with Gasteiger partial charge in [-0.05, 0) is 44.0 Å². The second-order valence-corrected chi connectivity index (χ2v) is 6.07. The lowest BCUT2D eigenvalue weighted by atomic mass is 10.1. The number of hydrogen-bond donors (Lipinski definition) is 2. The molecule has 1 heterocycles. The van der Waals surface area contributed by atoms with Gasteiger partial charge in [0.25, 0.3) is 5.56 Å². The Morgan fingerprint density at radius 1 is 1.08 bits per heavy atom. The average molecular weight is 330 g/mol. The van der Waals surface area contributed by atoms with Crippen molar-refractivity contribution in [1.82, 2.24) is 9.13 Å². The number of Topliss-reactive ketones (excluding diaryl/α,β-unsaturated/α-hetero) is 1. The first kappa shape index (κ1) is 17.5. The molecular weight excluding hydrogens is 308 g/mol. The van der Waals surface area contributed by atoms with Crippen LogP contribution in [0, 0.1) is 13.8 Å². The molecule has 1 aromatic carbocycles. The number of rotatable bonds is 4. The second kappa shape index (κ2) is 6.35. The number of aryl methyl sites for hydroxylation is 2. The van der Waals surface area contributed by atoms with Crippen LogP contribution in [0.25, 0.3) is 0 Å². The fraction of sp³-hybridized carbons (Fsp3) is 0.353. The highest BCUT2D eigenvalue weighted by Crippen LogP contribution is 2.16. The minimum Gasteiger partial charge on any atom is -0.384 e. The quantitative estimate of drug-likeness (QED) is 0.814. The summed E-state index contributed by atoms with van der Waals surface area (Å²) in [6.45, 7) is 5.58. The van der Waals surface area contributed by atoms with Crippen LogP contribution in [0.4, 0.5) is 11.5 Å². The smallest absolute Gasteiger partial charge is 0.332 e. The van der Waals surface area contributed by atoms with Gasteiger partial charge in [0, 0.05) is 19.8 Å². The lowest BCUT2D eigenvalue weighted by molar-refractivity contribution is 0.0973. The highest BCUT2D eigenvalue weighted by Gasteiger charge is 2.24. The average Bonchev–Trinajstić information content (AvgIpc) is 2.50. The first-order valence-corrected chi connectivity index (χ1v) is 7.58. The zero-order valence-electron chi connectivity index (χ0n) is 14.5. The number of aromatic nitrogens is 2. The number of ketones is 1. The molecule has 128 valence electrons. The van der Waals surface area contributed by atoms with Gasteiger partial charge in [0.15, 0.2) is 5.78 Å². The number of nitrogens with one attached hydrogen (secondary N) is 1. The topological polar surface area (TPSA) is 99.1 Å². The number of benzene rings is 1. The summed E-state index contributed by atoms with van der Waals surface area (Å²) in [4.78, 5) is 36.8. The van der Waals surface area contributed by atoms with E-state index in [0.717, 1.165) is 25.9 Å². The van der Waals surface area contributed by atoms with E-state index in [-0.39, 0.29) is 11.4 Å². The first-order chi connectivity index (χ1) is 11.1. The van der Waals surface area contributed by atoms with Gasteiger partial charge in [-0.15, -0.1) is 0 Å². The minimum absolute atomic E-state index is 0.123. The molecule has 0 aliphatic carbocycles. The van der Waals surface area contributed by atoms with E-state index in [4.69, 9.17) is 5.73 Å². The molecule has 0 fully saturated rings. The fourth-order valence-electron chi connectivity index (χ4n) is 2.68. The third-order valence-electron chi connectivity index (χ3n) is 3.95. The Kier molecular flexibility index (Phi) is 4.64. The molecule has 1 atom stereocenters. The minimum atomic E-state index is -0.685. The maximum absolute atomic E-state index is 12.7.